The highest BCUT2D eigenvalue weighted by atomic mass is 16.5. The zero-order valence-electron chi connectivity index (χ0n) is 13.1. The molecule has 1 fully saturated rings. The van der Waals surface area contributed by atoms with Crippen molar-refractivity contribution < 1.29 is 34.1 Å². The van der Waals surface area contributed by atoms with E-state index in [1.165, 1.54) is 0 Å². The predicted octanol–water partition coefficient (Wildman–Crippen LogP) is 1.29. The molecule has 0 bridgehead atoms. The van der Waals surface area contributed by atoms with Crippen LogP contribution >= 0.6 is 0 Å². The highest BCUT2D eigenvalue weighted by molar-refractivity contribution is 5.81. The van der Waals surface area contributed by atoms with Gasteiger partial charge in [0.05, 0.1) is 24.5 Å². The number of carbonyl (C=O) groups excluding carboxylic acids is 2. The van der Waals surface area contributed by atoms with Gasteiger partial charge in [-0.2, -0.15) is 0 Å². The maximum Gasteiger partial charge on any atom is 0.330 e. The van der Waals surface area contributed by atoms with Gasteiger partial charge in [0.2, 0.25) is 0 Å². The van der Waals surface area contributed by atoms with Crippen LogP contribution < -0.4 is 0 Å². The Bertz CT molecular complexity index is 432. The van der Waals surface area contributed by atoms with E-state index < -0.39 is 35.8 Å². The van der Waals surface area contributed by atoms with Crippen LogP contribution in [-0.4, -0.2) is 47.4 Å². The number of rotatable bonds is 9. The lowest BCUT2D eigenvalue weighted by Crippen LogP contribution is -2.35. The molecule has 1 rings (SSSR count). The molecule has 1 aliphatic carbocycles. The second-order valence-electron chi connectivity index (χ2n) is 5.63. The van der Waals surface area contributed by atoms with E-state index in [2.05, 4.69) is 6.58 Å². The summed E-state index contributed by atoms with van der Waals surface area (Å²) in [7, 11) is 0. The zero-order chi connectivity index (χ0) is 17.2. The molecule has 3 atom stereocenters. The Kier molecular flexibility index (Phi) is 8.32. The van der Waals surface area contributed by atoms with Crippen molar-refractivity contribution in [2.24, 2.45) is 11.8 Å². The summed E-state index contributed by atoms with van der Waals surface area (Å²) in [5.74, 6) is -3.40. The van der Waals surface area contributed by atoms with E-state index >= 15 is 0 Å². The molecule has 0 saturated heterocycles. The second kappa shape index (κ2) is 9.99. The Morgan fingerprint density at radius 3 is 2.43 bits per heavy atom. The standard InChI is InChI=1S/C16H24O7/c1-2-14(18)22-9-5-6-11(17)10-23-16(21)13-8-4-3-7-12(13)15(19)20/h2,11-13,17H,1,3-10H2,(H,19,20). The van der Waals surface area contributed by atoms with Gasteiger partial charge in [0.15, 0.2) is 0 Å². The normalized spacial score (nSPS) is 22.0. The number of hydrogen-bond acceptors (Lipinski definition) is 6. The number of ether oxygens (including phenoxy) is 2. The van der Waals surface area contributed by atoms with Gasteiger partial charge in [0, 0.05) is 6.08 Å². The second-order valence-corrected chi connectivity index (χ2v) is 5.63. The minimum Gasteiger partial charge on any atom is -0.481 e. The maximum atomic E-state index is 12.0. The largest absolute Gasteiger partial charge is 0.481 e. The number of carboxylic acid groups (broad SMARTS) is 1. The van der Waals surface area contributed by atoms with Gasteiger partial charge < -0.3 is 19.7 Å². The number of esters is 2. The SMILES string of the molecule is C=CC(=O)OCCCC(O)COC(=O)C1CCCCC1C(=O)O. The third-order valence-electron chi connectivity index (χ3n) is 3.90. The van der Waals surface area contributed by atoms with Crippen molar-refractivity contribution in [3.63, 3.8) is 0 Å². The van der Waals surface area contributed by atoms with Crippen molar-refractivity contribution in [1.29, 1.82) is 0 Å². The van der Waals surface area contributed by atoms with Gasteiger partial charge in [0.25, 0.3) is 0 Å². The molecule has 7 nitrogen and oxygen atoms in total. The quantitative estimate of drug-likeness (QED) is 0.373. The molecule has 1 saturated carbocycles. The van der Waals surface area contributed by atoms with Crippen molar-refractivity contribution in [1.82, 2.24) is 0 Å². The first-order valence-corrected chi connectivity index (χ1v) is 7.82. The van der Waals surface area contributed by atoms with Crippen molar-refractivity contribution in [2.75, 3.05) is 13.2 Å². The first kappa shape index (κ1) is 19.2. The number of hydrogen-bond donors (Lipinski definition) is 2. The lowest BCUT2D eigenvalue weighted by atomic mass is 9.79. The molecule has 23 heavy (non-hydrogen) atoms. The van der Waals surface area contributed by atoms with E-state index in [0.29, 0.717) is 25.7 Å². The molecule has 0 aromatic heterocycles. The van der Waals surface area contributed by atoms with E-state index in [9.17, 15) is 19.5 Å². The van der Waals surface area contributed by atoms with Crippen LogP contribution in [0.15, 0.2) is 12.7 Å². The minimum absolute atomic E-state index is 0.152. The molecule has 0 aromatic carbocycles. The number of aliphatic hydroxyl groups excluding tert-OH is 1. The topological polar surface area (TPSA) is 110 Å². The molecule has 0 aromatic rings. The summed E-state index contributed by atoms with van der Waals surface area (Å²) < 4.78 is 9.81. The van der Waals surface area contributed by atoms with Crippen LogP contribution in [0.4, 0.5) is 0 Å². The summed E-state index contributed by atoms with van der Waals surface area (Å²) in [5.41, 5.74) is 0. The minimum atomic E-state index is -0.976. The molecular formula is C16H24O7. The summed E-state index contributed by atoms with van der Waals surface area (Å²) in [6.45, 7) is 3.23. The van der Waals surface area contributed by atoms with Crippen LogP contribution in [0.1, 0.15) is 38.5 Å². The van der Waals surface area contributed by atoms with Crippen molar-refractivity contribution in [2.45, 2.75) is 44.6 Å². The monoisotopic (exact) mass is 328 g/mol. The van der Waals surface area contributed by atoms with Crippen LogP contribution in [0.2, 0.25) is 0 Å². The average molecular weight is 328 g/mol. The van der Waals surface area contributed by atoms with Gasteiger partial charge in [-0.25, -0.2) is 4.79 Å². The van der Waals surface area contributed by atoms with Gasteiger partial charge in [-0.05, 0) is 25.7 Å². The van der Waals surface area contributed by atoms with Crippen LogP contribution in [0, 0.1) is 11.8 Å². The Morgan fingerprint density at radius 1 is 1.17 bits per heavy atom. The Morgan fingerprint density at radius 2 is 1.83 bits per heavy atom. The van der Waals surface area contributed by atoms with Crippen LogP contribution in [0.25, 0.3) is 0 Å². The predicted molar refractivity (Wildman–Crippen MR) is 80.4 cm³/mol. The van der Waals surface area contributed by atoms with Crippen molar-refractivity contribution >= 4 is 17.9 Å². The summed E-state index contributed by atoms with van der Waals surface area (Å²) in [4.78, 5) is 34.0. The first-order valence-electron chi connectivity index (χ1n) is 7.82. The molecule has 0 aliphatic heterocycles. The molecule has 0 radical (unpaired) electrons. The number of carbonyl (C=O) groups is 3. The molecule has 2 N–H and O–H groups in total. The zero-order valence-corrected chi connectivity index (χ0v) is 13.1. The van der Waals surface area contributed by atoms with E-state index in [4.69, 9.17) is 14.6 Å². The van der Waals surface area contributed by atoms with E-state index in [-0.39, 0.29) is 13.2 Å². The Balaban J connectivity index is 2.27. The van der Waals surface area contributed by atoms with Gasteiger partial charge in [-0.1, -0.05) is 19.4 Å². The van der Waals surface area contributed by atoms with Crippen molar-refractivity contribution in [3.8, 4) is 0 Å². The Labute approximate surface area is 135 Å². The van der Waals surface area contributed by atoms with Gasteiger partial charge in [-0.15, -0.1) is 0 Å². The average Bonchev–Trinajstić information content (AvgIpc) is 2.56. The van der Waals surface area contributed by atoms with Gasteiger partial charge in [0.1, 0.15) is 6.61 Å². The van der Waals surface area contributed by atoms with Crippen LogP contribution in [0.5, 0.6) is 0 Å². The highest BCUT2D eigenvalue weighted by Gasteiger charge is 2.36. The van der Waals surface area contributed by atoms with Crippen LogP contribution in [0.3, 0.4) is 0 Å². The summed E-state index contributed by atoms with van der Waals surface area (Å²) in [6, 6.07) is 0. The summed E-state index contributed by atoms with van der Waals surface area (Å²) >= 11 is 0. The van der Waals surface area contributed by atoms with E-state index in [1.54, 1.807) is 0 Å². The molecule has 7 heteroatoms. The fourth-order valence-corrected chi connectivity index (χ4v) is 2.63. The summed E-state index contributed by atoms with van der Waals surface area (Å²) in [5, 5.41) is 18.9. The molecule has 0 heterocycles. The molecule has 0 spiro atoms. The molecule has 130 valence electrons. The van der Waals surface area contributed by atoms with Gasteiger partial charge in [-0.3, -0.25) is 9.59 Å². The third-order valence-corrected chi connectivity index (χ3v) is 3.90. The van der Waals surface area contributed by atoms with Crippen molar-refractivity contribution in [3.05, 3.63) is 12.7 Å². The molecule has 3 unspecified atom stereocenters. The lowest BCUT2D eigenvalue weighted by molar-refractivity contribution is -0.161. The Hall–Kier alpha value is -1.89. The number of carboxylic acids is 1. The highest BCUT2D eigenvalue weighted by Crippen LogP contribution is 2.31. The fraction of sp³-hybridized carbons (Fsp3) is 0.688. The smallest absolute Gasteiger partial charge is 0.330 e. The number of aliphatic carboxylic acids is 1. The molecule has 0 amide bonds. The fourth-order valence-electron chi connectivity index (χ4n) is 2.63. The molecular weight excluding hydrogens is 304 g/mol. The number of aliphatic hydroxyl groups is 1. The first-order chi connectivity index (χ1) is 11.0. The van der Waals surface area contributed by atoms with Gasteiger partial charge >= 0.3 is 17.9 Å². The van der Waals surface area contributed by atoms with E-state index in [0.717, 1.165) is 18.9 Å². The van der Waals surface area contributed by atoms with Crippen LogP contribution in [-0.2, 0) is 23.9 Å². The maximum absolute atomic E-state index is 12.0. The molecule has 1 aliphatic rings. The summed E-state index contributed by atoms with van der Waals surface area (Å²) in [6.07, 6.45) is 3.52. The van der Waals surface area contributed by atoms with E-state index in [1.807, 2.05) is 0 Å². The third kappa shape index (κ3) is 6.81. The lowest BCUT2D eigenvalue weighted by Gasteiger charge is -2.27.